The Labute approximate surface area is 136 Å². The second kappa shape index (κ2) is 7.28. The first-order valence-electron chi connectivity index (χ1n) is 7.95. The Bertz CT molecular complexity index is 669. The molecule has 2 heterocycles. The average molecular weight is 313 g/mol. The third kappa shape index (κ3) is 3.90. The van der Waals surface area contributed by atoms with Crippen molar-refractivity contribution in [2.45, 2.75) is 39.0 Å². The molecule has 6 nitrogen and oxygen atoms in total. The van der Waals surface area contributed by atoms with Crippen LogP contribution >= 0.6 is 0 Å². The van der Waals surface area contributed by atoms with Gasteiger partial charge in [0, 0.05) is 37.5 Å². The molecule has 6 heteroatoms. The molecule has 0 saturated heterocycles. The van der Waals surface area contributed by atoms with Gasteiger partial charge in [-0.2, -0.15) is 0 Å². The third-order valence-corrected chi connectivity index (χ3v) is 3.95. The van der Waals surface area contributed by atoms with E-state index in [-0.39, 0.29) is 0 Å². The number of guanidine groups is 1. The number of nitrogens with one attached hydrogen (secondary N) is 1. The minimum atomic E-state index is 0.388. The number of hydrogen-bond acceptors (Lipinski definition) is 3. The molecule has 0 saturated carbocycles. The summed E-state index contributed by atoms with van der Waals surface area (Å²) in [7, 11) is 1.68. The molecule has 122 valence electrons. The molecule has 23 heavy (non-hydrogen) atoms. The van der Waals surface area contributed by atoms with Crippen LogP contribution in [-0.4, -0.2) is 22.6 Å². The van der Waals surface area contributed by atoms with E-state index in [1.165, 1.54) is 18.7 Å². The molecule has 3 rings (SSSR count). The van der Waals surface area contributed by atoms with Gasteiger partial charge in [-0.1, -0.05) is 18.2 Å². The first-order chi connectivity index (χ1) is 11.3. The van der Waals surface area contributed by atoms with Gasteiger partial charge in [0.05, 0.1) is 18.8 Å². The van der Waals surface area contributed by atoms with E-state index in [9.17, 15) is 0 Å². The molecule has 1 aliphatic heterocycles. The predicted octanol–water partition coefficient (Wildman–Crippen LogP) is 2.29. The Kier molecular flexibility index (Phi) is 4.92. The van der Waals surface area contributed by atoms with E-state index in [4.69, 9.17) is 10.5 Å². The van der Waals surface area contributed by atoms with E-state index in [0.29, 0.717) is 19.1 Å². The zero-order valence-electron chi connectivity index (χ0n) is 13.5. The van der Waals surface area contributed by atoms with Crippen LogP contribution in [0.15, 0.2) is 35.5 Å². The van der Waals surface area contributed by atoms with Crippen LogP contribution < -0.4 is 11.1 Å². The van der Waals surface area contributed by atoms with Gasteiger partial charge in [-0.3, -0.25) is 0 Å². The Hall–Kier alpha value is -2.34. The number of rotatable bonds is 5. The number of para-hydroxylation sites is 1. The molecule has 0 fully saturated rings. The summed E-state index contributed by atoms with van der Waals surface area (Å²) in [5, 5.41) is 3.14. The number of aryl methyl sites for hydroxylation is 2. The minimum absolute atomic E-state index is 0.388. The lowest BCUT2D eigenvalue weighted by atomic mass is 10.2. The normalized spacial score (nSPS) is 14.6. The van der Waals surface area contributed by atoms with Crippen molar-refractivity contribution in [3.05, 3.63) is 47.5 Å². The van der Waals surface area contributed by atoms with Crippen molar-refractivity contribution >= 4 is 11.6 Å². The van der Waals surface area contributed by atoms with E-state index in [2.05, 4.69) is 26.1 Å². The summed E-state index contributed by atoms with van der Waals surface area (Å²) in [6.07, 6.45) is 5.59. The van der Waals surface area contributed by atoms with Gasteiger partial charge in [-0.25, -0.2) is 9.98 Å². The van der Waals surface area contributed by atoms with Crippen LogP contribution in [0.2, 0.25) is 0 Å². The van der Waals surface area contributed by atoms with E-state index in [1.54, 1.807) is 7.11 Å². The lowest BCUT2D eigenvalue weighted by molar-refractivity contribution is 0.185. The minimum Gasteiger partial charge on any atom is -0.380 e. The second-order valence-corrected chi connectivity index (χ2v) is 5.72. The largest absolute Gasteiger partial charge is 0.380 e. The van der Waals surface area contributed by atoms with E-state index < -0.39 is 0 Å². The molecule has 0 atom stereocenters. The maximum atomic E-state index is 6.00. The average Bonchev–Trinajstić information content (AvgIpc) is 2.98. The van der Waals surface area contributed by atoms with E-state index >= 15 is 0 Å². The number of methoxy groups -OCH3 is 1. The topological polar surface area (TPSA) is 77.5 Å². The van der Waals surface area contributed by atoms with Gasteiger partial charge in [0.25, 0.3) is 0 Å². The van der Waals surface area contributed by atoms with Crippen LogP contribution in [-0.2, 0) is 30.9 Å². The second-order valence-electron chi connectivity index (χ2n) is 5.72. The highest BCUT2D eigenvalue weighted by molar-refractivity contribution is 5.92. The molecule has 0 radical (unpaired) electrons. The zero-order valence-corrected chi connectivity index (χ0v) is 13.5. The van der Waals surface area contributed by atoms with Gasteiger partial charge in [-0.05, 0) is 18.9 Å². The van der Waals surface area contributed by atoms with Crippen molar-refractivity contribution in [2.75, 3.05) is 12.4 Å². The van der Waals surface area contributed by atoms with Gasteiger partial charge in [0.15, 0.2) is 5.96 Å². The highest BCUT2D eigenvalue weighted by atomic mass is 16.5. The number of aromatic nitrogens is 2. The number of hydrogen-bond donors (Lipinski definition) is 2. The molecule has 0 aliphatic carbocycles. The Morgan fingerprint density at radius 2 is 2.26 bits per heavy atom. The molecule has 1 aromatic carbocycles. The van der Waals surface area contributed by atoms with Crippen molar-refractivity contribution in [3.63, 3.8) is 0 Å². The molecule has 0 amide bonds. The summed E-state index contributed by atoms with van der Waals surface area (Å²) in [4.78, 5) is 9.03. The lowest BCUT2D eigenvalue weighted by Crippen LogP contribution is -2.23. The van der Waals surface area contributed by atoms with Crippen molar-refractivity contribution in [1.29, 1.82) is 0 Å². The van der Waals surface area contributed by atoms with Crippen LogP contribution in [0.1, 0.15) is 29.9 Å². The van der Waals surface area contributed by atoms with E-state index in [0.717, 1.165) is 29.9 Å². The first kappa shape index (κ1) is 15.6. The van der Waals surface area contributed by atoms with Crippen molar-refractivity contribution in [2.24, 2.45) is 10.7 Å². The van der Waals surface area contributed by atoms with Gasteiger partial charge in [0.1, 0.15) is 5.82 Å². The van der Waals surface area contributed by atoms with Crippen LogP contribution in [0, 0.1) is 0 Å². The first-order valence-corrected chi connectivity index (χ1v) is 7.95. The molecule has 2 aromatic rings. The van der Waals surface area contributed by atoms with Crippen LogP contribution in [0.5, 0.6) is 0 Å². The number of anilines is 1. The zero-order chi connectivity index (χ0) is 16.1. The van der Waals surface area contributed by atoms with Gasteiger partial charge in [0.2, 0.25) is 0 Å². The van der Waals surface area contributed by atoms with Crippen molar-refractivity contribution in [3.8, 4) is 0 Å². The van der Waals surface area contributed by atoms with Gasteiger partial charge < -0.3 is 20.4 Å². The maximum Gasteiger partial charge on any atom is 0.193 e. The molecule has 0 bridgehead atoms. The van der Waals surface area contributed by atoms with Crippen molar-refractivity contribution < 1.29 is 4.74 Å². The number of nitrogens with zero attached hydrogens (tertiary/aromatic N) is 3. The quantitative estimate of drug-likeness (QED) is 0.656. The summed E-state index contributed by atoms with van der Waals surface area (Å²) < 4.78 is 7.42. The lowest BCUT2D eigenvalue weighted by Gasteiger charge is -2.11. The number of nitrogens with two attached hydrogens (primary N) is 1. The predicted molar refractivity (Wildman–Crippen MR) is 91.3 cm³/mol. The van der Waals surface area contributed by atoms with Crippen LogP contribution in [0.4, 0.5) is 5.69 Å². The van der Waals surface area contributed by atoms with E-state index in [1.807, 2.05) is 24.3 Å². The fourth-order valence-corrected chi connectivity index (χ4v) is 2.82. The molecule has 0 unspecified atom stereocenters. The standard InChI is InChI=1S/C17H23N5O/c1-23-12-13-6-2-3-7-15(13)21-17(18)19-10-14-11-22-9-5-4-8-16(22)20-14/h2-3,6-7,11H,4-5,8-10,12H2,1H3,(H3,18,19,21). The summed E-state index contributed by atoms with van der Waals surface area (Å²) in [6.45, 7) is 2.08. The molecule has 0 spiro atoms. The molecule has 3 N–H and O–H groups in total. The van der Waals surface area contributed by atoms with Gasteiger partial charge >= 0.3 is 0 Å². The molecule has 1 aromatic heterocycles. The Morgan fingerprint density at radius 3 is 3.09 bits per heavy atom. The smallest absolute Gasteiger partial charge is 0.193 e. The number of ether oxygens (including phenoxy) is 1. The summed E-state index contributed by atoms with van der Waals surface area (Å²) in [5.74, 6) is 1.55. The number of fused-ring (bicyclic) bond motifs is 1. The third-order valence-electron chi connectivity index (χ3n) is 3.95. The number of aliphatic imine (C=N–C) groups is 1. The van der Waals surface area contributed by atoms with Gasteiger partial charge in [-0.15, -0.1) is 0 Å². The number of imidazole rings is 1. The molecular formula is C17H23N5O. The summed E-state index contributed by atoms with van der Waals surface area (Å²) in [6, 6.07) is 7.90. The SMILES string of the molecule is COCc1ccccc1NC(N)=NCc1cn2c(n1)CCCC2. The van der Waals surface area contributed by atoms with Crippen LogP contribution in [0.3, 0.4) is 0 Å². The van der Waals surface area contributed by atoms with Crippen LogP contribution in [0.25, 0.3) is 0 Å². The molecule has 1 aliphatic rings. The fourth-order valence-electron chi connectivity index (χ4n) is 2.82. The number of benzene rings is 1. The monoisotopic (exact) mass is 313 g/mol. The summed E-state index contributed by atoms with van der Waals surface area (Å²) >= 11 is 0. The Balaban J connectivity index is 1.65. The van der Waals surface area contributed by atoms with Crippen molar-refractivity contribution in [1.82, 2.24) is 9.55 Å². The summed E-state index contributed by atoms with van der Waals surface area (Å²) in [5.41, 5.74) is 8.94. The highest BCUT2D eigenvalue weighted by Gasteiger charge is 2.11. The fraction of sp³-hybridized carbons (Fsp3) is 0.412. The maximum absolute atomic E-state index is 6.00. The Morgan fingerprint density at radius 1 is 1.39 bits per heavy atom. The molecular weight excluding hydrogens is 290 g/mol. The highest BCUT2D eigenvalue weighted by Crippen LogP contribution is 2.16.